The van der Waals surface area contributed by atoms with Crippen LogP contribution in [0, 0.1) is 0 Å². The van der Waals surface area contributed by atoms with E-state index in [1.54, 1.807) is 7.11 Å². The standard InChI is InChI=1S/C27H39N3O3/c1-33-25-17-11-10-16-23(25)21-26(31)30-24(20-22-14-8-7-9-15-22)27(32)29-19-13-6-4-2-3-5-12-18-28/h7-11,14-17,24H,2-6,12-13,18-21,28H2,1H3,(H,29,32)(H,30,31)/t24-/m0/s1. The maximum atomic E-state index is 12.9. The van der Waals surface area contributed by atoms with Crippen molar-refractivity contribution >= 4 is 11.8 Å². The molecule has 0 aromatic heterocycles. The van der Waals surface area contributed by atoms with E-state index in [0.717, 1.165) is 36.9 Å². The maximum Gasteiger partial charge on any atom is 0.242 e. The molecule has 6 heteroatoms. The van der Waals surface area contributed by atoms with E-state index in [0.29, 0.717) is 18.7 Å². The number of unbranched alkanes of at least 4 members (excludes halogenated alkanes) is 6. The largest absolute Gasteiger partial charge is 0.496 e. The average Bonchev–Trinajstić information content (AvgIpc) is 2.83. The lowest BCUT2D eigenvalue weighted by molar-refractivity contribution is -0.128. The fourth-order valence-corrected chi connectivity index (χ4v) is 3.81. The molecule has 0 radical (unpaired) electrons. The van der Waals surface area contributed by atoms with Crippen molar-refractivity contribution in [1.29, 1.82) is 0 Å². The monoisotopic (exact) mass is 453 g/mol. The van der Waals surface area contributed by atoms with Gasteiger partial charge in [0, 0.05) is 18.5 Å². The van der Waals surface area contributed by atoms with Gasteiger partial charge in [-0.05, 0) is 31.0 Å². The van der Waals surface area contributed by atoms with Crippen molar-refractivity contribution in [2.45, 2.75) is 63.8 Å². The van der Waals surface area contributed by atoms with Gasteiger partial charge in [-0.3, -0.25) is 9.59 Å². The topological polar surface area (TPSA) is 93.4 Å². The van der Waals surface area contributed by atoms with Crippen molar-refractivity contribution in [3.8, 4) is 5.75 Å². The molecule has 0 unspecified atom stereocenters. The average molecular weight is 454 g/mol. The van der Waals surface area contributed by atoms with Gasteiger partial charge in [0.05, 0.1) is 13.5 Å². The zero-order valence-electron chi connectivity index (χ0n) is 19.9. The van der Waals surface area contributed by atoms with Crippen LogP contribution in [0.3, 0.4) is 0 Å². The third-order valence-corrected chi connectivity index (χ3v) is 5.66. The lowest BCUT2D eigenvalue weighted by atomic mass is 10.0. The van der Waals surface area contributed by atoms with E-state index in [1.165, 1.54) is 25.7 Å². The summed E-state index contributed by atoms with van der Waals surface area (Å²) < 4.78 is 5.34. The number of hydrogen-bond donors (Lipinski definition) is 3. The van der Waals surface area contributed by atoms with E-state index < -0.39 is 6.04 Å². The first-order valence-corrected chi connectivity index (χ1v) is 12.1. The Morgan fingerprint density at radius 3 is 2.21 bits per heavy atom. The Hall–Kier alpha value is -2.86. The molecule has 33 heavy (non-hydrogen) atoms. The Morgan fingerprint density at radius 1 is 0.879 bits per heavy atom. The first kappa shape index (κ1) is 26.4. The number of hydrogen-bond acceptors (Lipinski definition) is 4. The summed E-state index contributed by atoms with van der Waals surface area (Å²) in [4.78, 5) is 25.7. The van der Waals surface area contributed by atoms with Gasteiger partial charge in [-0.25, -0.2) is 0 Å². The first-order chi connectivity index (χ1) is 16.1. The molecule has 2 rings (SSSR count). The second-order valence-corrected chi connectivity index (χ2v) is 8.35. The lowest BCUT2D eigenvalue weighted by Crippen LogP contribution is -2.48. The van der Waals surface area contributed by atoms with Crippen LogP contribution in [0.15, 0.2) is 54.6 Å². The minimum Gasteiger partial charge on any atom is -0.496 e. The fourth-order valence-electron chi connectivity index (χ4n) is 3.81. The van der Waals surface area contributed by atoms with Gasteiger partial charge in [0.15, 0.2) is 0 Å². The molecule has 2 amide bonds. The molecular formula is C27H39N3O3. The van der Waals surface area contributed by atoms with Crippen molar-refractivity contribution in [3.05, 3.63) is 65.7 Å². The summed E-state index contributed by atoms with van der Waals surface area (Å²) in [6, 6.07) is 16.6. The van der Waals surface area contributed by atoms with E-state index in [-0.39, 0.29) is 18.2 Å². The number of ether oxygens (including phenoxy) is 1. The van der Waals surface area contributed by atoms with Crippen LogP contribution in [0.4, 0.5) is 0 Å². The Kier molecular flexibility index (Phi) is 12.7. The zero-order valence-corrected chi connectivity index (χ0v) is 19.9. The summed E-state index contributed by atoms with van der Waals surface area (Å²) in [5.74, 6) is 0.322. The SMILES string of the molecule is COc1ccccc1CC(=O)N[C@@H](Cc1ccccc1)C(=O)NCCCCCCCCCN. The van der Waals surface area contributed by atoms with Gasteiger partial charge in [0.1, 0.15) is 11.8 Å². The second-order valence-electron chi connectivity index (χ2n) is 8.35. The molecule has 6 nitrogen and oxygen atoms in total. The Morgan fingerprint density at radius 2 is 1.52 bits per heavy atom. The highest BCUT2D eigenvalue weighted by Gasteiger charge is 2.21. The molecule has 0 fully saturated rings. The van der Waals surface area contributed by atoms with Crippen molar-refractivity contribution < 1.29 is 14.3 Å². The van der Waals surface area contributed by atoms with Crippen LogP contribution >= 0.6 is 0 Å². The van der Waals surface area contributed by atoms with Crippen molar-refractivity contribution in [2.75, 3.05) is 20.2 Å². The molecule has 1 atom stereocenters. The minimum atomic E-state index is -0.620. The van der Waals surface area contributed by atoms with Gasteiger partial charge in [-0.1, -0.05) is 80.6 Å². The number of para-hydroxylation sites is 1. The third kappa shape index (κ3) is 10.5. The van der Waals surface area contributed by atoms with Gasteiger partial charge >= 0.3 is 0 Å². The van der Waals surface area contributed by atoms with Gasteiger partial charge in [0.25, 0.3) is 0 Å². The fraction of sp³-hybridized carbons (Fsp3) is 0.481. The van der Waals surface area contributed by atoms with Crippen LogP contribution in [0.2, 0.25) is 0 Å². The highest BCUT2D eigenvalue weighted by molar-refractivity contribution is 5.88. The number of carbonyl (C=O) groups excluding carboxylic acids is 2. The van der Waals surface area contributed by atoms with Crippen LogP contribution < -0.4 is 21.1 Å². The van der Waals surface area contributed by atoms with Gasteiger partial charge in [-0.15, -0.1) is 0 Å². The number of nitrogens with one attached hydrogen (secondary N) is 2. The van der Waals surface area contributed by atoms with Crippen LogP contribution in [0.5, 0.6) is 5.75 Å². The summed E-state index contributed by atoms with van der Waals surface area (Å²) in [5, 5.41) is 5.94. The Labute approximate surface area is 198 Å². The van der Waals surface area contributed by atoms with Crippen LogP contribution in [-0.2, 0) is 22.4 Å². The van der Waals surface area contributed by atoms with E-state index in [1.807, 2.05) is 54.6 Å². The summed E-state index contributed by atoms with van der Waals surface area (Å²) in [7, 11) is 1.59. The number of nitrogens with two attached hydrogens (primary N) is 1. The van der Waals surface area contributed by atoms with E-state index in [9.17, 15) is 9.59 Å². The summed E-state index contributed by atoms with van der Waals surface area (Å²) in [5.41, 5.74) is 7.32. The normalized spacial score (nSPS) is 11.6. The molecule has 0 saturated heterocycles. The summed E-state index contributed by atoms with van der Waals surface area (Å²) >= 11 is 0. The molecule has 0 aliphatic carbocycles. The number of rotatable bonds is 16. The summed E-state index contributed by atoms with van der Waals surface area (Å²) in [6.07, 6.45) is 8.54. The molecule has 0 saturated carbocycles. The molecule has 2 aromatic rings. The molecule has 4 N–H and O–H groups in total. The van der Waals surface area contributed by atoms with Crippen molar-refractivity contribution in [2.24, 2.45) is 5.73 Å². The van der Waals surface area contributed by atoms with E-state index in [2.05, 4.69) is 10.6 Å². The van der Waals surface area contributed by atoms with Crippen molar-refractivity contribution in [1.82, 2.24) is 10.6 Å². The molecule has 0 bridgehead atoms. The van der Waals surface area contributed by atoms with Gasteiger partial charge < -0.3 is 21.1 Å². The molecule has 2 aromatic carbocycles. The number of amides is 2. The molecule has 0 aliphatic rings. The smallest absolute Gasteiger partial charge is 0.242 e. The predicted octanol–water partition coefficient (Wildman–Crippen LogP) is 3.77. The first-order valence-electron chi connectivity index (χ1n) is 12.1. The lowest BCUT2D eigenvalue weighted by Gasteiger charge is -2.19. The van der Waals surface area contributed by atoms with Crippen LogP contribution in [0.25, 0.3) is 0 Å². The minimum absolute atomic E-state index is 0.143. The van der Waals surface area contributed by atoms with Crippen molar-refractivity contribution in [3.63, 3.8) is 0 Å². The third-order valence-electron chi connectivity index (χ3n) is 5.66. The predicted molar refractivity (Wildman–Crippen MR) is 133 cm³/mol. The molecule has 180 valence electrons. The van der Waals surface area contributed by atoms with Gasteiger partial charge in [-0.2, -0.15) is 0 Å². The van der Waals surface area contributed by atoms with Crippen LogP contribution in [0.1, 0.15) is 56.1 Å². The molecule has 0 heterocycles. The van der Waals surface area contributed by atoms with E-state index in [4.69, 9.17) is 10.5 Å². The zero-order chi connectivity index (χ0) is 23.7. The number of carbonyl (C=O) groups is 2. The van der Waals surface area contributed by atoms with E-state index >= 15 is 0 Å². The molecular weight excluding hydrogens is 414 g/mol. The highest BCUT2D eigenvalue weighted by Crippen LogP contribution is 2.17. The number of benzene rings is 2. The number of methoxy groups -OCH3 is 1. The maximum absolute atomic E-state index is 12.9. The summed E-state index contributed by atoms with van der Waals surface area (Å²) in [6.45, 7) is 1.39. The highest BCUT2D eigenvalue weighted by atomic mass is 16.5. The van der Waals surface area contributed by atoms with Gasteiger partial charge in [0.2, 0.25) is 11.8 Å². The Balaban J connectivity index is 1.85. The Bertz CT molecular complexity index is 826. The van der Waals surface area contributed by atoms with Crippen LogP contribution in [-0.4, -0.2) is 38.1 Å². The molecule has 0 aliphatic heterocycles. The quantitative estimate of drug-likeness (QED) is 0.337. The second kappa shape index (κ2) is 15.9. The molecule has 0 spiro atoms.